The van der Waals surface area contributed by atoms with Crippen LogP contribution in [0.3, 0.4) is 0 Å². The van der Waals surface area contributed by atoms with E-state index in [0.29, 0.717) is 10.7 Å². The summed E-state index contributed by atoms with van der Waals surface area (Å²) in [6, 6.07) is 12.0. The molecule has 2 heterocycles. The molecule has 190 valence electrons. The molecule has 1 aliphatic rings. The van der Waals surface area contributed by atoms with Gasteiger partial charge in [0.15, 0.2) is 5.13 Å². The molecule has 0 aliphatic carbocycles. The first-order chi connectivity index (χ1) is 17.2. The highest BCUT2D eigenvalue weighted by atomic mass is 32.2. The minimum atomic E-state index is -3.75. The van der Waals surface area contributed by atoms with Gasteiger partial charge in [-0.1, -0.05) is 17.7 Å². The molecule has 0 bridgehead atoms. The number of carbonyl (C=O) groups is 2. The summed E-state index contributed by atoms with van der Waals surface area (Å²) in [4.78, 5) is 30.7. The molecule has 0 unspecified atom stereocenters. The highest BCUT2D eigenvalue weighted by molar-refractivity contribution is 7.89. The molecule has 1 aliphatic heterocycles. The van der Waals surface area contributed by atoms with Crippen molar-refractivity contribution in [3.8, 4) is 11.3 Å². The monoisotopic (exact) mass is 528 g/mol. The van der Waals surface area contributed by atoms with Crippen molar-refractivity contribution < 1.29 is 22.7 Å². The van der Waals surface area contributed by atoms with Crippen LogP contribution in [0.15, 0.2) is 52.7 Å². The number of amides is 2. The SMILES string of the molecule is CCOC(=O)N1CCN(S(=O)(=O)c2ccc(C(=O)Nc3nc(-c4cc(C)ccc4C)cs3)cc2)CC1. The minimum absolute atomic E-state index is 0.0927. The maximum atomic E-state index is 13.0. The Labute approximate surface area is 214 Å². The van der Waals surface area contributed by atoms with Crippen LogP contribution in [0.25, 0.3) is 11.3 Å². The predicted molar refractivity (Wildman–Crippen MR) is 139 cm³/mol. The van der Waals surface area contributed by atoms with Gasteiger partial charge in [-0.05, 0) is 56.7 Å². The van der Waals surface area contributed by atoms with Gasteiger partial charge in [0.05, 0.1) is 17.2 Å². The van der Waals surface area contributed by atoms with Gasteiger partial charge in [0, 0.05) is 42.7 Å². The van der Waals surface area contributed by atoms with Crippen molar-refractivity contribution in [1.82, 2.24) is 14.2 Å². The van der Waals surface area contributed by atoms with Gasteiger partial charge < -0.3 is 9.64 Å². The van der Waals surface area contributed by atoms with E-state index in [9.17, 15) is 18.0 Å². The first-order valence-electron chi connectivity index (χ1n) is 11.6. The van der Waals surface area contributed by atoms with Gasteiger partial charge in [0.25, 0.3) is 5.91 Å². The van der Waals surface area contributed by atoms with Gasteiger partial charge in [0.1, 0.15) is 0 Å². The van der Waals surface area contributed by atoms with Crippen LogP contribution in [0, 0.1) is 13.8 Å². The van der Waals surface area contributed by atoms with Crippen LogP contribution in [0.2, 0.25) is 0 Å². The molecule has 1 aromatic heterocycles. The Morgan fingerprint density at radius 2 is 1.75 bits per heavy atom. The van der Waals surface area contributed by atoms with Gasteiger partial charge in [0.2, 0.25) is 10.0 Å². The Bertz CT molecular complexity index is 1360. The molecule has 0 saturated carbocycles. The van der Waals surface area contributed by atoms with Crippen LogP contribution in [-0.2, 0) is 14.8 Å². The van der Waals surface area contributed by atoms with Crippen molar-refractivity contribution in [2.45, 2.75) is 25.7 Å². The lowest BCUT2D eigenvalue weighted by atomic mass is 10.0. The third kappa shape index (κ3) is 5.58. The Kier molecular flexibility index (Phi) is 7.72. The number of sulfonamides is 1. The third-order valence-electron chi connectivity index (χ3n) is 5.91. The van der Waals surface area contributed by atoms with Crippen LogP contribution < -0.4 is 5.32 Å². The van der Waals surface area contributed by atoms with E-state index < -0.39 is 16.1 Å². The molecule has 1 saturated heterocycles. The number of nitrogens with one attached hydrogen (secondary N) is 1. The van der Waals surface area contributed by atoms with E-state index in [0.717, 1.165) is 22.4 Å². The van der Waals surface area contributed by atoms with Crippen LogP contribution in [0.1, 0.15) is 28.4 Å². The lowest BCUT2D eigenvalue weighted by Crippen LogP contribution is -2.50. The number of rotatable bonds is 6. The second-order valence-electron chi connectivity index (χ2n) is 8.42. The van der Waals surface area contributed by atoms with Crippen LogP contribution in [-0.4, -0.2) is 67.4 Å². The van der Waals surface area contributed by atoms with E-state index in [1.54, 1.807) is 6.92 Å². The Balaban J connectivity index is 1.40. The van der Waals surface area contributed by atoms with Crippen molar-refractivity contribution in [3.63, 3.8) is 0 Å². The number of piperazine rings is 1. The maximum absolute atomic E-state index is 13.0. The number of ether oxygens (including phenoxy) is 1. The Hall–Kier alpha value is -3.28. The molecule has 1 N–H and O–H groups in total. The van der Waals surface area contributed by atoms with Gasteiger partial charge in [-0.3, -0.25) is 10.1 Å². The number of aryl methyl sites for hydroxylation is 2. The molecule has 11 heteroatoms. The largest absolute Gasteiger partial charge is 0.450 e. The highest BCUT2D eigenvalue weighted by Gasteiger charge is 2.30. The zero-order chi connectivity index (χ0) is 25.9. The second kappa shape index (κ2) is 10.8. The molecule has 9 nitrogen and oxygen atoms in total. The molecule has 2 aromatic carbocycles. The quantitative estimate of drug-likeness (QED) is 0.515. The van der Waals surface area contributed by atoms with Gasteiger partial charge in [-0.25, -0.2) is 18.2 Å². The fourth-order valence-electron chi connectivity index (χ4n) is 3.89. The fourth-order valence-corrected chi connectivity index (χ4v) is 6.02. The lowest BCUT2D eigenvalue weighted by Gasteiger charge is -2.33. The fraction of sp³-hybridized carbons (Fsp3) is 0.320. The molecule has 4 rings (SSSR count). The summed E-state index contributed by atoms with van der Waals surface area (Å²) in [6.07, 6.45) is -0.439. The average Bonchev–Trinajstić information content (AvgIpc) is 3.34. The van der Waals surface area contributed by atoms with Crippen molar-refractivity contribution in [2.75, 3.05) is 38.1 Å². The van der Waals surface area contributed by atoms with E-state index in [1.165, 1.54) is 44.8 Å². The van der Waals surface area contributed by atoms with Crippen molar-refractivity contribution in [1.29, 1.82) is 0 Å². The van der Waals surface area contributed by atoms with E-state index in [-0.39, 0.29) is 43.6 Å². The summed E-state index contributed by atoms with van der Waals surface area (Å²) >= 11 is 1.33. The molecule has 1 fully saturated rings. The van der Waals surface area contributed by atoms with E-state index in [2.05, 4.69) is 16.4 Å². The standard InChI is InChI=1S/C25H28N4O5S2/c1-4-34-25(31)28-11-13-29(14-12-28)36(32,33)20-9-7-19(8-10-20)23(30)27-24-26-22(16-35-24)21-15-17(2)5-6-18(21)3/h5-10,15-16H,4,11-14H2,1-3H3,(H,26,27,30). The smallest absolute Gasteiger partial charge is 0.409 e. The number of benzene rings is 2. The summed E-state index contributed by atoms with van der Waals surface area (Å²) < 4.78 is 32.4. The molecule has 0 radical (unpaired) electrons. The summed E-state index contributed by atoms with van der Waals surface area (Å²) in [7, 11) is -3.75. The van der Waals surface area contributed by atoms with E-state index >= 15 is 0 Å². The van der Waals surface area contributed by atoms with Gasteiger partial charge in [-0.2, -0.15) is 4.31 Å². The molecule has 0 atom stereocenters. The normalized spacial score (nSPS) is 14.5. The van der Waals surface area contributed by atoms with Crippen molar-refractivity contribution in [2.24, 2.45) is 0 Å². The molecule has 36 heavy (non-hydrogen) atoms. The Morgan fingerprint density at radius 1 is 1.06 bits per heavy atom. The zero-order valence-corrected chi connectivity index (χ0v) is 22.0. The minimum Gasteiger partial charge on any atom is -0.450 e. The Morgan fingerprint density at radius 3 is 2.42 bits per heavy atom. The average molecular weight is 529 g/mol. The topological polar surface area (TPSA) is 109 Å². The lowest BCUT2D eigenvalue weighted by molar-refractivity contribution is 0.0933. The number of hydrogen-bond acceptors (Lipinski definition) is 7. The number of nitrogens with zero attached hydrogens (tertiary/aromatic N) is 3. The first kappa shape index (κ1) is 25.8. The molecule has 0 spiro atoms. The molecule has 2 amide bonds. The van der Waals surface area contributed by atoms with Gasteiger partial charge in [-0.15, -0.1) is 11.3 Å². The van der Waals surface area contributed by atoms with E-state index in [1.807, 2.05) is 31.4 Å². The number of carbonyl (C=O) groups excluding carboxylic acids is 2. The van der Waals surface area contributed by atoms with Crippen LogP contribution >= 0.6 is 11.3 Å². The highest BCUT2D eigenvalue weighted by Crippen LogP contribution is 2.28. The summed E-state index contributed by atoms with van der Waals surface area (Å²) in [5, 5.41) is 5.15. The summed E-state index contributed by atoms with van der Waals surface area (Å²) in [5.74, 6) is -0.371. The number of thiazole rings is 1. The molecule has 3 aromatic rings. The summed E-state index contributed by atoms with van der Waals surface area (Å²) in [5.41, 5.74) is 4.36. The summed E-state index contributed by atoms with van der Waals surface area (Å²) in [6.45, 7) is 6.91. The third-order valence-corrected chi connectivity index (χ3v) is 8.58. The maximum Gasteiger partial charge on any atom is 0.409 e. The van der Waals surface area contributed by atoms with Crippen molar-refractivity contribution in [3.05, 3.63) is 64.5 Å². The first-order valence-corrected chi connectivity index (χ1v) is 13.9. The van der Waals surface area contributed by atoms with Crippen LogP contribution in [0.4, 0.5) is 9.93 Å². The van der Waals surface area contributed by atoms with Crippen LogP contribution in [0.5, 0.6) is 0 Å². The predicted octanol–water partition coefficient (Wildman–Crippen LogP) is 4.14. The molecular formula is C25H28N4O5S2. The molecular weight excluding hydrogens is 500 g/mol. The zero-order valence-electron chi connectivity index (χ0n) is 20.4. The second-order valence-corrected chi connectivity index (χ2v) is 11.2. The number of aromatic nitrogens is 1. The number of hydrogen-bond donors (Lipinski definition) is 1. The number of anilines is 1. The van der Waals surface area contributed by atoms with Crippen molar-refractivity contribution >= 4 is 38.5 Å². The van der Waals surface area contributed by atoms with Gasteiger partial charge >= 0.3 is 6.09 Å². The van der Waals surface area contributed by atoms with E-state index in [4.69, 9.17) is 4.74 Å².